The molecule has 0 aliphatic carbocycles. The number of carbonyl (C=O) groups is 2. The molecular formula is C18H23N3O2S. The van der Waals surface area contributed by atoms with Gasteiger partial charge >= 0.3 is 0 Å². The molecule has 1 aromatic carbocycles. The Kier molecular flexibility index (Phi) is 5.72. The molecule has 24 heavy (non-hydrogen) atoms. The molecule has 128 valence electrons. The minimum Gasteiger partial charge on any atom is -0.370 e. The fraction of sp³-hybridized carbons (Fsp3) is 0.389. The van der Waals surface area contributed by atoms with Crippen LogP contribution in [0.3, 0.4) is 0 Å². The van der Waals surface area contributed by atoms with Gasteiger partial charge in [-0.05, 0) is 5.56 Å². The Hall–Kier alpha value is -2.21. The highest BCUT2D eigenvalue weighted by atomic mass is 32.1. The van der Waals surface area contributed by atoms with E-state index in [9.17, 15) is 9.59 Å². The number of hydrogen-bond acceptors (Lipinski definition) is 4. The Labute approximate surface area is 146 Å². The number of nitrogens with zero attached hydrogens (tertiary/aromatic N) is 2. The Morgan fingerprint density at radius 3 is 2.42 bits per heavy atom. The topological polar surface area (TPSA) is 76.3 Å². The fourth-order valence-electron chi connectivity index (χ4n) is 2.18. The maximum atomic E-state index is 12.8. The third-order valence-electron chi connectivity index (χ3n) is 3.49. The highest BCUT2D eigenvalue weighted by molar-refractivity contribution is 7.13. The number of rotatable bonds is 6. The van der Waals surface area contributed by atoms with Gasteiger partial charge in [0, 0.05) is 24.9 Å². The Morgan fingerprint density at radius 2 is 1.88 bits per heavy atom. The molecule has 0 unspecified atom stereocenters. The van der Waals surface area contributed by atoms with Crippen molar-refractivity contribution in [2.75, 3.05) is 6.54 Å². The molecule has 0 aliphatic rings. The van der Waals surface area contributed by atoms with Crippen LogP contribution in [-0.2, 0) is 16.8 Å². The normalized spacial score (nSPS) is 11.3. The first-order valence-corrected chi connectivity index (χ1v) is 8.67. The lowest BCUT2D eigenvalue weighted by molar-refractivity contribution is -0.118. The summed E-state index contributed by atoms with van der Waals surface area (Å²) >= 11 is 1.40. The van der Waals surface area contributed by atoms with Crippen LogP contribution in [0.2, 0.25) is 0 Å². The first kappa shape index (κ1) is 18.1. The van der Waals surface area contributed by atoms with Crippen LogP contribution in [0.25, 0.3) is 0 Å². The zero-order valence-corrected chi connectivity index (χ0v) is 15.1. The number of amides is 2. The van der Waals surface area contributed by atoms with Gasteiger partial charge < -0.3 is 10.6 Å². The van der Waals surface area contributed by atoms with E-state index in [1.807, 2.05) is 30.3 Å². The predicted molar refractivity (Wildman–Crippen MR) is 95.8 cm³/mol. The van der Waals surface area contributed by atoms with Crippen molar-refractivity contribution < 1.29 is 9.59 Å². The third-order valence-corrected chi connectivity index (χ3v) is 4.90. The summed E-state index contributed by atoms with van der Waals surface area (Å²) in [6.45, 7) is 6.93. The van der Waals surface area contributed by atoms with Crippen molar-refractivity contribution in [3.05, 3.63) is 52.0 Å². The first-order valence-electron chi connectivity index (χ1n) is 7.85. The van der Waals surface area contributed by atoms with Crippen LogP contribution in [0.4, 0.5) is 0 Å². The zero-order valence-electron chi connectivity index (χ0n) is 14.3. The SMILES string of the molecule is CC(C)(C)c1ncc(C(=O)N(CCC(N)=O)Cc2ccccc2)s1. The molecular weight excluding hydrogens is 322 g/mol. The van der Waals surface area contributed by atoms with Gasteiger partial charge in [-0.3, -0.25) is 9.59 Å². The largest absolute Gasteiger partial charge is 0.370 e. The summed E-state index contributed by atoms with van der Waals surface area (Å²) in [5.74, 6) is -0.534. The van der Waals surface area contributed by atoms with Crippen LogP contribution >= 0.6 is 11.3 Å². The van der Waals surface area contributed by atoms with E-state index in [1.165, 1.54) is 11.3 Å². The molecule has 0 spiro atoms. The molecule has 2 aromatic rings. The second kappa shape index (κ2) is 7.57. The summed E-state index contributed by atoms with van der Waals surface area (Å²) in [5.41, 5.74) is 6.16. The molecule has 6 heteroatoms. The molecule has 2 amide bonds. The van der Waals surface area contributed by atoms with Crippen LogP contribution < -0.4 is 5.73 Å². The number of aromatic nitrogens is 1. The predicted octanol–water partition coefficient (Wildman–Crippen LogP) is 2.96. The average molecular weight is 345 g/mol. The van der Waals surface area contributed by atoms with Gasteiger partial charge in [-0.2, -0.15) is 0 Å². The third kappa shape index (κ3) is 4.89. The second-order valence-electron chi connectivity index (χ2n) is 6.71. The number of thiazole rings is 1. The summed E-state index contributed by atoms with van der Waals surface area (Å²) in [6, 6.07) is 9.69. The summed E-state index contributed by atoms with van der Waals surface area (Å²) in [6.07, 6.45) is 1.76. The molecule has 5 nitrogen and oxygen atoms in total. The second-order valence-corrected chi connectivity index (χ2v) is 7.74. The van der Waals surface area contributed by atoms with Gasteiger partial charge in [0.05, 0.1) is 11.2 Å². The molecule has 0 saturated carbocycles. The van der Waals surface area contributed by atoms with Crippen molar-refractivity contribution in [3.63, 3.8) is 0 Å². The van der Waals surface area contributed by atoms with E-state index < -0.39 is 5.91 Å². The minimum absolute atomic E-state index is 0.0965. The highest BCUT2D eigenvalue weighted by Gasteiger charge is 2.23. The van der Waals surface area contributed by atoms with Crippen LogP contribution in [0.15, 0.2) is 36.5 Å². The number of carbonyl (C=O) groups excluding carboxylic acids is 2. The smallest absolute Gasteiger partial charge is 0.265 e. The van der Waals surface area contributed by atoms with E-state index >= 15 is 0 Å². The van der Waals surface area contributed by atoms with Gasteiger partial charge in [-0.25, -0.2) is 4.98 Å². The van der Waals surface area contributed by atoms with E-state index in [0.29, 0.717) is 18.0 Å². The van der Waals surface area contributed by atoms with E-state index in [4.69, 9.17) is 5.73 Å². The zero-order chi connectivity index (χ0) is 17.7. The van der Waals surface area contributed by atoms with Gasteiger partial charge in [0.1, 0.15) is 4.88 Å². The summed E-state index contributed by atoms with van der Waals surface area (Å²) in [7, 11) is 0. The highest BCUT2D eigenvalue weighted by Crippen LogP contribution is 2.27. The molecule has 2 rings (SSSR count). The maximum absolute atomic E-state index is 12.8. The van der Waals surface area contributed by atoms with Gasteiger partial charge in [-0.15, -0.1) is 11.3 Å². The molecule has 1 aromatic heterocycles. The number of nitrogens with two attached hydrogens (primary N) is 1. The maximum Gasteiger partial charge on any atom is 0.265 e. The lowest BCUT2D eigenvalue weighted by Gasteiger charge is -2.21. The van der Waals surface area contributed by atoms with Gasteiger partial charge in [0.15, 0.2) is 0 Å². The Balaban J connectivity index is 2.20. The van der Waals surface area contributed by atoms with Crippen molar-refractivity contribution in [1.82, 2.24) is 9.88 Å². The van der Waals surface area contributed by atoms with Crippen LogP contribution in [-0.4, -0.2) is 28.2 Å². The fourth-order valence-corrected chi connectivity index (χ4v) is 3.12. The first-order chi connectivity index (χ1) is 11.3. The van der Waals surface area contributed by atoms with Crippen LogP contribution in [0, 0.1) is 0 Å². The standard InChI is InChI=1S/C18H23N3O2S/c1-18(2,3)17-20-11-14(24-17)16(23)21(10-9-15(19)22)12-13-7-5-4-6-8-13/h4-8,11H,9-10,12H2,1-3H3,(H2,19,22). The molecule has 1 heterocycles. The molecule has 0 fully saturated rings. The average Bonchev–Trinajstić information content (AvgIpc) is 3.01. The Bertz CT molecular complexity index is 705. The van der Waals surface area contributed by atoms with Crippen LogP contribution in [0.1, 0.15) is 47.4 Å². The van der Waals surface area contributed by atoms with Gasteiger partial charge in [-0.1, -0.05) is 51.1 Å². The molecule has 0 bridgehead atoms. The molecule has 2 N–H and O–H groups in total. The quantitative estimate of drug-likeness (QED) is 0.874. The molecule has 0 radical (unpaired) electrons. The van der Waals surface area contributed by atoms with Crippen LogP contribution in [0.5, 0.6) is 0 Å². The van der Waals surface area contributed by atoms with E-state index in [1.54, 1.807) is 11.1 Å². The summed E-state index contributed by atoms with van der Waals surface area (Å²) < 4.78 is 0. The minimum atomic E-state index is -0.416. The van der Waals surface area contributed by atoms with E-state index in [0.717, 1.165) is 10.6 Å². The lowest BCUT2D eigenvalue weighted by Crippen LogP contribution is -2.33. The lowest BCUT2D eigenvalue weighted by atomic mass is 9.98. The van der Waals surface area contributed by atoms with E-state index in [2.05, 4.69) is 25.8 Å². The Morgan fingerprint density at radius 1 is 1.21 bits per heavy atom. The van der Waals surface area contributed by atoms with Gasteiger partial charge in [0.25, 0.3) is 5.91 Å². The van der Waals surface area contributed by atoms with Gasteiger partial charge in [0.2, 0.25) is 5.91 Å². The summed E-state index contributed by atoms with van der Waals surface area (Å²) in [5, 5.41) is 0.917. The number of benzene rings is 1. The summed E-state index contributed by atoms with van der Waals surface area (Å²) in [4.78, 5) is 30.6. The number of primary amides is 1. The number of hydrogen-bond donors (Lipinski definition) is 1. The molecule has 0 atom stereocenters. The van der Waals surface area contributed by atoms with Crippen molar-refractivity contribution in [3.8, 4) is 0 Å². The van der Waals surface area contributed by atoms with E-state index in [-0.39, 0.29) is 17.7 Å². The van der Waals surface area contributed by atoms with Crippen molar-refractivity contribution in [2.45, 2.75) is 39.2 Å². The monoisotopic (exact) mass is 345 g/mol. The molecule has 0 saturated heterocycles. The van der Waals surface area contributed by atoms with Crippen molar-refractivity contribution >= 4 is 23.2 Å². The van der Waals surface area contributed by atoms with Crippen molar-refractivity contribution in [2.24, 2.45) is 5.73 Å². The van der Waals surface area contributed by atoms with Crippen molar-refractivity contribution in [1.29, 1.82) is 0 Å². The molecule has 0 aliphatic heterocycles.